The first-order valence-corrected chi connectivity index (χ1v) is 7.26. The number of sulfone groups is 1. The highest BCUT2D eigenvalue weighted by Gasteiger charge is 2.14. The highest BCUT2D eigenvalue weighted by atomic mass is 32.2. The molecule has 1 aromatic carbocycles. The molecule has 4 nitrogen and oxygen atoms in total. The Morgan fingerprint density at radius 3 is 2.22 bits per heavy atom. The topological polar surface area (TPSA) is 60.4 Å². The van der Waals surface area contributed by atoms with Crippen molar-refractivity contribution in [3.8, 4) is 0 Å². The molecule has 0 amide bonds. The SMILES string of the molecule is C=C(C(=O)OCC)c1ccc(S(=O)(=O)CC)cc1. The maximum atomic E-state index is 11.6. The van der Waals surface area contributed by atoms with Crippen molar-refractivity contribution in [2.24, 2.45) is 0 Å². The van der Waals surface area contributed by atoms with Crippen molar-refractivity contribution in [3.63, 3.8) is 0 Å². The van der Waals surface area contributed by atoms with E-state index in [9.17, 15) is 13.2 Å². The molecule has 0 aromatic heterocycles. The Kier molecular flexibility index (Phi) is 4.67. The lowest BCUT2D eigenvalue weighted by molar-refractivity contribution is -0.136. The Morgan fingerprint density at radius 2 is 1.78 bits per heavy atom. The second-order valence-corrected chi connectivity index (χ2v) is 5.91. The van der Waals surface area contributed by atoms with Gasteiger partial charge in [0, 0.05) is 0 Å². The van der Waals surface area contributed by atoms with Gasteiger partial charge in [0.25, 0.3) is 0 Å². The van der Waals surface area contributed by atoms with Gasteiger partial charge in [-0.1, -0.05) is 25.6 Å². The molecular weight excluding hydrogens is 252 g/mol. The smallest absolute Gasteiger partial charge is 0.338 e. The van der Waals surface area contributed by atoms with Gasteiger partial charge < -0.3 is 4.74 Å². The Morgan fingerprint density at radius 1 is 1.22 bits per heavy atom. The second kappa shape index (κ2) is 5.82. The average molecular weight is 268 g/mol. The van der Waals surface area contributed by atoms with Crippen LogP contribution in [-0.4, -0.2) is 26.7 Å². The van der Waals surface area contributed by atoms with Gasteiger partial charge in [0.15, 0.2) is 9.84 Å². The molecule has 5 heteroatoms. The first kappa shape index (κ1) is 14.4. The molecule has 0 aliphatic heterocycles. The zero-order chi connectivity index (χ0) is 13.8. The van der Waals surface area contributed by atoms with E-state index in [0.29, 0.717) is 5.56 Å². The van der Waals surface area contributed by atoms with Gasteiger partial charge in [-0.3, -0.25) is 0 Å². The van der Waals surface area contributed by atoms with Crippen LogP contribution in [0, 0.1) is 0 Å². The molecule has 18 heavy (non-hydrogen) atoms. The molecular formula is C13H16O4S. The third-order valence-electron chi connectivity index (χ3n) is 2.46. The summed E-state index contributed by atoms with van der Waals surface area (Å²) < 4.78 is 28.0. The van der Waals surface area contributed by atoms with Gasteiger partial charge in [0.1, 0.15) is 0 Å². The van der Waals surface area contributed by atoms with E-state index in [1.165, 1.54) is 12.1 Å². The summed E-state index contributed by atoms with van der Waals surface area (Å²) in [5.74, 6) is -0.450. The zero-order valence-corrected chi connectivity index (χ0v) is 11.3. The molecule has 1 rings (SSSR count). The summed E-state index contributed by atoms with van der Waals surface area (Å²) in [4.78, 5) is 11.7. The maximum absolute atomic E-state index is 11.6. The van der Waals surface area contributed by atoms with E-state index in [1.54, 1.807) is 26.0 Å². The van der Waals surface area contributed by atoms with E-state index in [-0.39, 0.29) is 22.8 Å². The maximum Gasteiger partial charge on any atom is 0.338 e. The molecule has 0 aliphatic rings. The van der Waals surface area contributed by atoms with Crippen molar-refractivity contribution >= 4 is 21.4 Å². The van der Waals surface area contributed by atoms with Crippen molar-refractivity contribution in [2.75, 3.05) is 12.4 Å². The average Bonchev–Trinajstić information content (AvgIpc) is 2.38. The van der Waals surface area contributed by atoms with Crippen LogP contribution in [0.3, 0.4) is 0 Å². The van der Waals surface area contributed by atoms with Gasteiger partial charge in [-0.15, -0.1) is 0 Å². The first-order chi connectivity index (χ1) is 8.42. The Hall–Kier alpha value is -1.62. The monoisotopic (exact) mass is 268 g/mol. The normalized spacial score (nSPS) is 11.0. The Labute approximate surface area is 107 Å². The highest BCUT2D eigenvalue weighted by molar-refractivity contribution is 7.91. The van der Waals surface area contributed by atoms with Crippen LogP contribution in [0.15, 0.2) is 35.7 Å². The predicted molar refractivity (Wildman–Crippen MR) is 69.8 cm³/mol. The van der Waals surface area contributed by atoms with E-state index >= 15 is 0 Å². The molecule has 0 aliphatic carbocycles. The van der Waals surface area contributed by atoms with Crippen LogP contribution >= 0.6 is 0 Å². The van der Waals surface area contributed by atoms with Crippen LogP contribution in [0.2, 0.25) is 0 Å². The van der Waals surface area contributed by atoms with Crippen molar-refractivity contribution in [1.82, 2.24) is 0 Å². The molecule has 98 valence electrons. The fraction of sp³-hybridized carbons (Fsp3) is 0.308. The third kappa shape index (κ3) is 3.20. The van der Waals surface area contributed by atoms with Crippen molar-refractivity contribution < 1.29 is 17.9 Å². The van der Waals surface area contributed by atoms with Crippen LogP contribution in [0.1, 0.15) is 19.4 Å². The van der Waals surface area contributed by atoms with Gasteiger partial charge in [-0.25, -0.2) is 13.2 Å². The Bertz CT molecular complexity index is 541. The van der Waals surface area contributed by atoms with E-state index in [4.69, 9.17) is 4.74 Å². The lowest BCUT2D eigenvalue weighted by Gasteiger charge is -2.06. The number of hydrogen-bond acceptors (Lipinski definition) is 4. The highest BCUT2D eigenvalue weighted by Crippen LogP contribution is 2.18. The minimum absolute atomic E-state index is 0.0468. The molecule has 0 radical (unpaired) electrons. The summed E-state index contributed by atoms with van der Waals surface area (Å²) in [5.41, 5.74) is 0.779. The number of benzene rings is 1. The minimum atomic E-state index is -3.22. The summed E-state index contributed by atoms with van der Waals surface area (Å²) in [6, 6.07) is 6.06. The molecule has 0 saturated heterocycles. The number of carbonyl (C=O) groups is 1. The van der Waals surface area contributed by atoms with E-state index in [0.717, 1.165) is 0 Å². The summed E-state index contributed by atoms with van der Waals surface area (Å²) in [7, 11) is -3.22. The molecule has 0 heterocycles. The molecule has 0 unspecified atom stereocenters. The zero-order valence-electron chi connectivity index (χ0n) is 10.5. The summed E-state index contributed by atoms with van der Waals surface area (Å²) in [5, 5.41) is 0. The van der Waals surface area contributed by atoms with Crippen LogP contribution in [-0.2, 0) is 19.4 Å². The molecule has 0 atom stereocenters. The third-order valence-corrected chi connectivity index (χ3v) is 4.21. The lowest BCUT2D eigenvalue weighted by Crippen LogP contribution is -2.07. The summed E-state index contributed by atoms with van der Waals surface area (Å²) >= 11 is 0. The van der Waals surface area contributed by atoms with Gasteiger partial charge >= 0.3 is 5.97 Å². The fourth-order valence-corrected chi connectivity index (χ4v) is 2.25. The van der Waals surface area contributed by atoms with E-state index < -0.39 is 15.8 Å². The molecule has 0 saturated carbocycles. The van der Waals surface area contributed by atoms with E-state index in [1.807, 2.05) is 0 Å². The summed E-state index contributed by atoms with van der Waals surface area (Å²) in [6.45, 7) is 7.20. The van der Waals surface area contributed by atoms with Crippen LogP contribution in [0.4, 0.5) is 0 Å². The molecule has 0 bridgehead atoms. The van der Waals surface area contributed by atoms with E-state index in [2.05, 4.69) is 6.58 Å². The lowest BCUT2D eigenvalue weighted by atomic mass is 10.1. The largest absolute Gasteiger partial charge is 0.462 e. The van der Waals surface area contributed by atoms with Gasteiger partial charge in [0.2, 0.25) is 0 Å². The van der Waals surface area contributed by atoms with Crippen molar-refractivity contribution in [3.05, 3.63) is 36.4 Å². The van der Waals surface area contributed by atoms with Crippen LogP contribution < -0.4 is 0 Å². The van der Waals surface area contributed by atoms with Crippen molar-refractivity contribution in [1.29, 1.82) is 0 Å². The van der Waals surface area contributed by atoms with Gasteiger partial charge in [0.05, 0.1) is 22.8 Å². The van der Waals surface area contributed by atoms with Gasteiger partial charge in [-0.2, -0.15) is 0 Å². The number of rotatable bonds is 5. The van der Waals surface area contributed by atoms with Crippen LogP contribution in [0.25, 0.3) is 5.57 Å². The summed E-state index contributed by atoms with van der Waals surface area (Å²) in [6.07, 6.45) is 0. The fourth-order valence-electron chi connectivity index (χ4n) is 1.37. The first-order valence-electron chi connectivity index (χ1n) is 5.61. The molecule has 0 spiro atoms. The standard InChI is InChI=1S/C13H16O4S/c1-4-17-13(14)10(3)11-6-8-12(9-7-11)18(15,16)5-2/h6-9H,3-5H2,1-2H3. The number of hydrogen-bond donors (Lipinski definition) is 0. The quantitative estimate of drug-likeness (QED) is 0.606. The minimum Gasteiger partial charge on any atom is -0.462 e. The van der Waals surface area contributed by atoms with Crippen LogP contribution in [0.5, 0.6) is 0 Å². The second-order valence-electron chi connectivity index (χ2n) is 3.63. The Balaban J connectivity index is 2.97. The van der Waals surface area contributed by atoms with Crippen molar-refractivity contribution in [2.45, 2.75) is 18.7 Å². The number of ether oxygens (including phenoxy) is 1. The molecule has 0 fully saturated rings. The predicted octanol–water partition coefficient (Wildman–Crippen LogP) is 2.06. The number of carbonyl (C=O) groups excluding carboxylic acids is 1. The molecule has 1 aromatic rings. The van der Waals surface area contributed by atoms with Gasteiger partial charge in [-0.05, 0) is 24.6 Å². The molecule has 0 N–H and O–H groups in total. The number of esters is 1.